The number of nitrogens with two attached hydrogens (primary N) is 1. The highest BCUT2D eigenvalue weighted by molar-refractivity contribution is 7.88. The van der Waals surface area contributed by atoms with Crippen LogP contribution in [0.15, 0.2) is 0 Å². The van der Waals surface area contributed by atoms with Crippen molar-refractivity contribution in [1.82, 2.24) is 4.31 Å². The Kier molecular flexibility index (Phi) is 6.66. The number of rotatable bonds is 8. The van der Waals surface area contributed by atoms with Gasteiger partial charge in [-0.3, -0.25) is 4.79 Å². The van der Waals surface area contributed by atoms with Gasteiger partial charge < -0.3 is 10.8 Å². The molecule has 0 radical (unpaired) electrons. The van der Waals surface area contributed by atoms with E-state index in [-0.39, 0.29) is 12.5 Å². The van der Waals surface area contributed by atoms with Crippen molar-refractivity contribution in [2.24, 2.45) is 5.73 Å². The predicted octanol–water partition coefficient (Wildman–Crippen LogP) is 0.239. The standard InChI is InChI=1S/C10H22N2O4S/c1-4-5-8(12(2)17(3,15)16)6-7-9(11)10(13)14/h8-9H,4-7,11H2,1-3H3,(H,13,14). The van der Waals surface area contributed by atoms with Crippen LogP contribution in [-0.2, 0) is 14.8 Å². The van der Waals surface area contributed by atoms with Crippen LogP contribution in [0.1, 0.15) is 32.6 Å². The largest absolute Gasteiger partial charge is 0.480 e. The second-order valence-corrected chi connectivity index (χ2v) is 6.29. The summed E-state index contributed by atoms with van der Waals surface area (Å²) in [5.41, 5.74) is 5.40. The first kappa shape index (κ1) is 16.3. The van der Waals surface area contributed by atoms with Crippen molar-refractivity contribution in [2.45, 2.75) is 44.7 Å². The van der Waals surface area contributed by atoms with Crippen molar-refractivity contribution >= 4 is 16.0 Å². The van der Waals surface area contributed by atoms with E-state index in [9.17, 15) is 13.2 Å². The van der Waals surface area contributed by atoms with Gasteiger partial charge in [-0.1, -0.05) is 13.3 Å². The Bertz CT molecular complexity index is 342. The van der Waals surface area contributed by atoms with Crippen LogP contribution >= 0.6 is 0 Å². The van der Waals surface area contributed by atoms with Gasteiger partial charge in [-0.05, 0) is 19.3 Å². The van der Waals surface area contributed by atoms with Crippen molar-refractivity contribution in [1.29, 1.82) is 0 Å². The van der Waals surface area contributed by atoms with Crippen LogP contribution in [0.25, 0.3) is 0 Å². The molecule has 0 aliphatic carbocycles. The fourth-order valence-corrected chi connectivity index (χ4v) is 2.36. The minimum atomic E-state index is -3.25. The van der Waals surface area contributed by atoms with E-state index in [1.807, 2.05) is 6.92 Å². The first-order chi connectivity index (χ1) is 7.70. The summed E-state index contributed by atoms with van der Waals surface area (Å²) in [5, 5.41) is 8.67. The van der Waals surface area contributed by atoms with Crippen LogP contribution < -0.4 is 5.73 Å². The minimum absolute atomic E-state index is 0.180. The molecule has 0 aliphatic rings. The number of carboxylic acids is 1. The first-order valence-electron chi connectivity index (χ1n) is 5.61. The number of nitrogens with zero attached hydrogens (tertiary/aromatic N) is 1. The van der Waals surface area contributed by atoms with E-state index in [2.05, 4.69) is 0 Å². The topological polar surface area (TPSA) is 101 Å². The number of sulfonamides is 1. The molecule has 7 heteroatoms. The van der Waals surface area contributed by atoms with Gasteiger partial charge >= 0.3 is 5.97 Å². The Morgan fingerprint density at radius 2 is 1.88 bits per heavy atom. The van der Waals surface area contributed by atoms with Crippen molar-refractivity contribution in [3.63, 3.8) is 0 Å². The molecule has 0 saturated heterocycles. The normalized spacial score (nSPS) is 15.8. The zero-order valence-corrected chi connectivity index (χ0v) is 11.4. The molecule has 0 fully saturated rings. The maximum absolute atomic E-state index is 11.4. The molecule has 0 saturated carbocycles. The Labute approximate surface area is 103 Å². The van der Waals surface area contributed by atoms with E-state index in [0.717, 1.165) is 12.7 Å². The number of aliphatic carboxylic acids is 1. The van der Waals surface area contributed by atoms with Gasteiger partial charge in [-0.25, -0.2) is 12.7 Å². The van der Waals surface area contributed by atoms with Gasteiger partial charge in [-0.2, -0.15) is 0 Å². The van der Waals surface area contributed by atoms with Gasteiger partial charge in [0.05, 0.1) is 6.26 Å². The molecule has 17 heavy (non-hydrogen) atoms. The molecule has 0 spiro atoms. The molecule has 102 valence electrons. The van der Waals surface area contributed by atoms with E-state index >= 15 is 0 Å². The fourth-order valence-electron chi connectivity index (χ4n) is 1.61. The molecule has 0 rings (SSSR count). The van der Waals surface area contributed by atoms with Crippen LogP contribution in [0.5, 0.6) is 0 Å². The lowest BCUT2D eigenvalue weighted by molar-refractivity contribution is -0.138. The minimum Gasteiger partial charge on any atom is -0.480 e. The number of hydrogen-bond acceptors (Lipinski definition) is 4. The van der Waals surface area contributed by atoms with Gasteiger partial charge in [0.2, 0.25) is 10.0 Å². The Balaban J connectivity index is 4.49. The van der Waals surface area contributed by atoms with Gasteiger partial charge in [0.25, 0.3) is 0 Å². The molecule has 3 N–H and O–H groups in total. The molecule has 0 aliphatic heterocycles. The summed E-state index contributed by atoms with van der Waals surface area (Å²) in [4.78, 5) is 10.6. The highest BCUT2D eigenvalue weighted by Crippen LogP contribution is 2.15. The second kappa shape index (κ2) is 6.93. The summed E-state index contributed by atoms with van der Waals surface area (Å²) in [6.07, 6.45) is 3.43. The SMILES string of the molecule is CCCC(CCC(N)C(=O)O)N(C)S(C)(=O)=O. The number of hydrogen-bond donors (Lipinski definition) is 2. The van der Waals surface area contributed by atoms with Crippen LogP contribution in [-0.4, -0.2) is 49.2 Å². The van der Waals surface area contributed by atoms with E-state index in [4.69, 9.17) is 10.8 Å². The Hall–Kier alpha value is -0.660. The van der Waals surface area contributed by atoms with Gasteiger partial charge in [0.15, 0.2) is 0 Å². The van der Waals surface area contributed by atoms with Gasteiger partial charge in [0.1, 0.15) is 6.04 Å². The number of carbonyl (C=O) groups is 1. The van der Waals surface area contributed by atoms with Crippen LogP contribution in [0.4, 0.5) is 0 Å². The molecule has 0 aromatic rings. The third kappa shape index (κ3) is 5.99. The maximum atomic E-state index is 11.4. The number of carboxylic acid groups (broad SMARTS) is 1. The smallest absolute Gasteiger partial charge is 0.320 e. The summed E-state index contributed by atoms with van der Waals surface area (Å²) in [6, 6.07) is -1.11. The van der Waals surface area contributed by atoms with Gasteiger partial charge in [0, 0.05) is 13.1 Å². The highest BCUT2D eigenvalue weighted by Gasteiger charge is 2.23. The molecule has 0 heterocycles. The third-order valence-corrected chi connectivity index (χ3v) is 4.13. The van der Waals surface area contributed by atoms with Gasteiger partial charge in [-0.15, -0.1) is 0 Å². The van der Waals surface area contributed by atoms with Crippen molar-refractivity contribution in [3.8, 4) is 0 Å². The first-order valence-corrected chi connectivity index (χ1v) is 7.46. The fraction of sp³-hybridized carbons (Fsp3) is 0.900. The summed E-state index contributed by atoms with van der Waals surface area (Å²) in [6.45, 7) is 1.96. The lowest BCUT2D eigenvalue weighted by Gasteiger charge is -2.26. The lowest BCUT2D eigenvalue weighted by Crippen LogP contribution is -2.38. The average Bonchev–Trinajstić information content (AvgIpc) is 2.21. The van der Waals surface area contributed by atoms with Crippen LogP contribution in [0.2, 0.25) is 0 Å². The summed E-state index contributed by atoms with van der Waals surface area (Å²) < 4.78 is 24.1. The molecule has 0 amide bonds. The maximum Gasteiger partial charge on any atom is 0.320 e. The summed E-state index contributed by atoms with van der Waals surface area (Å²) >= 11 is 0. The average molecular weight is 266 g/mol. The molecule has 2 atom stereocenters. The summed E-state index contributed by atoms with van der Waals surface area (Å²) in [5.74, 6) is -1.05. The van der Waals surface area contributed by atoms with E-state index in [0.29, 0.717) is 12.8 Å². The van der Waals surface area contributed by atoms with Crippen molar-refractivity contribution in [2.75, 3.05) is 13.3 Å². The monoisotopic (exact) mass is 266 g/mol. The predicted molar refractivity (Wildman–Crippen MR) is 66.1 cm³/mol. The summed E-state index contributed by atoms with van der Waals surface area (Å²) in [7, 11) is -1.73. The Morgan fingerprint density at radius 3 is 2.24 bits per heavy atom. The molecule has 2 unspecified atom stereocenters. The van der Waals surface area contributed by atoms with E-state index in [1.54, 1.807) is 0 Å². The van der Waals surface area contributed by atoms with Crippen molar-refractivity contribution < 1.29 is 18.3 Å². The molecule has 0 aromatic heterocycles. The molecular formula is C10H22N2O4S. The quantitative estimate of drug-likeness (QED) is 0.655. The highest BCUT2D eigenvalue weighted by atomic mass is 32.2. The molecule has 6 nitrogen and oxygen atoms in total. The van der Waals surface area contributed by atoms with E-state index in [1.165, 1.54) is 11.4 Å². The molecule has 0 bridgehead atoms. The molecular weight excluding hydrogens is 244 g/mol. The zero-order valence-electron chi connectivity index (χ0n) is 10.6. The van der Waals surface area contributed by atoms with Crippen LogP contribution in [0, 0.1) is 0 Å². The third-order valence-electron chi connectivity index (χ3n) is 2.79. The van der Waals surface area contributed by atoms with Crippen LogP contribution in [0.3, 0.4) is 0 Å². The lowest BCUT2D eigenvalue weighted by atomic mass is 10.0. The zero-order chi connectivity index (χ0) is 13.6. The molecule has 0 aromatic carbocycles. The van der Waals surface area contributed by atoms with E-state index < -0.39 is 22.0 Å². The van der Waals surface area contributed by atoms with Crippen molar-refractivity contribution in [3.05, 3.63) is 0 Å². The Morgan fingerprint density at radius 1 is 1.35 bits per heavy atom. The second-order valence-electron chi connectivity index (χ2n) is 4.24.